The van der Waals surface area contributed by atoms with E-state index in [-0.39, 0.29) is 5.56 Å². The fraction of sp³-hybridized carbons (Fsp3) is 0. The van der Waals surface area contributed by atoms with Gasteiger partial charge in [-0.05, 0) is 41.8 Å². The third-order valence-corrected chi connectivity index (χ3v) is 7.17. The molecule has 0 amide bonds. The van der Waals surface area contributed by atoms with Crippen LogP contribution in [0.15, 0.2) is 83.1 Å². The summed E-state index contributed by atoms with van der Waals surface area (Å²) in [5.41, 5.74) is 3.22. The Kier molecular flexibility index (Phi) is 4.91. The summed E-state index contributed by atoms with van der Waals surface area (Å²) < 4.78 is 3.73. The first-order valence-electron chi connectivity index (χ1n) is 10.0. The highest BCUT2D eigenvalue weighted by Gasteiger charge is 2.15. The monoisotopic (exact) mass is 487 g/mol. The lowest BCUT2D eigenvalue weighted by molar-refractivity contribution is 0.884. The molecule has 6 aromatic rings. The normalized spacial score (nSPS) is 12.1. The fourth-order valence-corrected chi connectivity index (χ4v) is 5.20. The standard InChI is InChI=1S/C24H14ClN5OS2/c25-17-10-8-15(9-11-17)21-16(14-29(27-21)18-5-2-1-3-6-18)13-20-23(31)30-24(33-20)26-22(28-30)19-7-4-12-32-19/h1-14H/b20-13-. The number of fused-ring (bicyclic) bond motifs is 1. The van der Waals surface area contributed by atoms with Gasteiger partial charge in [-0.25, -0.2) is 4.68 Å². The van der Waals surface area contributed by atoms with E-state index < -0.39 is 0 Å². The summed E-state index contributed by atoms with van der Waals surface area (Å²) >= 11 is 8.94. The number of para-hydroxylation sites is 1. The molecule has 2 aromatic carbocycles. The van der Waals surface area contributed by atoms with E-state index in [9.17, 15) is 4.79 Å². The number of halogens is 1. The van der Waals surface area contributed by atoms with Gasteiger partial charge in [0, 0.05) is 22.3 Å². The molecule has 160 valence electrons. The van der Waals surface area contributed by atoms with E-state index in [0.717, 1.165) is 27.4 Å². The molecule has 0 aliphatic carbocycles. The van der Waals surface area contributed by atoms with Crippen LogP contribution in [0, 0.1) is 0 Å². The molecule has 6 nitrogen and oxygen atoms in total. The molecule has 0 saturated carbocycles. The van der Waals surface area contributed by atoms with E-state index >= 15 is 0 Å². The maximum atomic E-state index is 13.1. The Bertz CT molecular complexity index is 1680. The second-order valence-electron chi connectivity index (χ2n) is 7.24. The SMILES string of the molecule is O=c1/c(=C/c2cn(-c3ccccc3)nc2-c2ccc(Cl)cc2)sc2nc(-c3cccs3)nn12. The number of thiazole rings is 1. The molecule has 4 aromatic heterocycles. The highest BCUT2D eigenvalue weighted by molar-refractivity contribution is 7.15. The van der Waals surface area contributed by atoms with Crippen LogP contribution in [0.3, 0.4) is 0 Å². The molecule has 9 heteroatoms. The Morgan fingerprint density at radius 1 is 0.939 bits per heavy atom. The fourth-order valence-electron chi connectivity index (χ4n) is 3.52. The van der Waals surface area contributed by atoms with Crippen LogP contribution in [0.2, 0.25) is 5.02 Å². The summed E-state index contributed by atoms with van der Waals surface area (Å²) in [5.74, 6) is 0.568. The number of benzene rings is 2. The predicted molar refractivity (Wildman–Crippen MR) is 133 cm³/mol. The minimum absolute atomic E-state index is 0.195. The Morgan fingerprint density at radius 3 is 2.48 bits per heavy atom. The number of aromatic nitrogens is 5. The lowest BCUT2D eigenvalue weighted by atomic mass is 10.1. The van der Waals surface area contributed by atoms with Gasteiger partial charge in [0.15, 0.2) is 5.82 Å². The summed E-state index contributed by atoms with van der Waals surface area (Å²) in [7, 11) is 0. The van der Waals surface area contributed by atoms with Gasteiger partial charge in [-0.15, -0.1) is 16.4 Å². The van der Waals surface area contributed by atoms with Crippen LogP contribution in [0.25, 0.3) is 38.7 Å². The lowest BCUT2D eigenvalue weighted by Gasteiger charge is -2.00. The van der Waals surface area contributed by atoms with Crippen molar-refractivity contribution in [2.45, 2.75) is 0 Å². The van der Waals surface area contributed by atoms with Crippen molar-refractivity contribution in [2.75, 3.05) is 0 Å². The van der Waals surface area contributed by atoms with Crippen molar-refractivity contribution in [1.82, 2.24) is 24.4 Å². The van der Waals surface area contributed by atoms with Crippen LogP contribution in [-0.4, -0.2) is 24.4 Å². The third kappa shape index (κ3) is 3.68. The molecular weight excluding hydrogens is 474 g/mol. The minimum atomic E-state index is -0.195. The summed E-state index contributed by atoms with van der Waals surface area (Å²) in [5, 5.41) is 11.8. The first-order chi connectivity index (χ1) is 16.2. The molecule has 4 heterocycles. The van der Waals surface area contributed by atoms with Gasteiger partial charge in [-0.1, -0.05) is 59.3 Å². The van der Waals surface area contributed by atoms with Crippen molar-refractivity contribution in [3.8, 4) is 27.6 Å². The maximum absolute atomic E-state index is 13.1. The van der Waals surface area contributed by atoms with Crippen LogP contribution in [0.1, 0.15) is 5.56 Å². The van der Waals surface area contributed by atoms with Crippen molar-refractivity contribution < 1.29 is 0 Å². The van der Waals surface area contributed by atoms with Crippen molar-refractivity contribution in [3.05, 3.63) is 104 Å². The van der Waals surface area contributed by atoms with Crippen LogP contribution in [0.4, 0.5) is 0 Å². The first-order valence-corrected chi connectivity index (χ1v) is 12.1. The topological polar surface area (TPSA) is 65.1 Å². The van der Waals surface area contributed by atoms with Gasteiger partial charge in [-0.2, -0.15) is 14.6 Å². The van der Waals surface area contributed by atoms with Crippen molar-refractivity contribution >= 4 is 45.3 Å². The molecule has 0 unspecified atom stereocenters. The summed E-state index contributed by atoms with van der Waals surface area (Å²) in [6.45, 7) is 0. The average Bonchev–Trinajstić information content (AvgIpc) is 3.62. The number of nitrogens with zero attached hydrogens (tertiary/aromatic N) is 5. The van der Waals surface area contributed by atoms with Gasteiger partial charge in [0.25, 0.3) is 5.56 Å². The minimum Gasteiger partial charge on any atom is -0.266 e. The Labute approximate surface area is 200 Å². The highest BCUT2D eigenvalue weighted by Crippen LogP contribution is 2.26. The molecule has 0 N–H and O–H groups in total. The summed E-state index contributed by atoms with van der Waals surface area (Å²) in [4.78, 5) is 19.1. The van der Waals surface area contributed by atoms with Crippen molar-refractivity contribution in [2.24, 2.45) is 0 Å². The molecule has 0 aliphatic rings. The van der Waals surface area contributed by atoms with Gasteiger partial charge in [0.2, 0.25) is 4.96 Å². The van der Waals surface area contributed by atoms with Crippen molar-refractivity contribution in [3.63, 3.8) is 0 Å². The Morgan fingerprint density at radius 2 is 1.76 bits per heavy atom. The van der Waals surface area contributed by atoms with Crippen LogP contribution < -0.4 is 10.1 Å². The zero-order valence-corrected chi connectivity index (χ0v) is 19.3. The molecule has 0 saturated heterocycles. The molecule has 33 heavy (non-hydrogen) atoms. The third-order valence-electron chi connectivity index (χ3n) is 5.09. The second-order valence-corrected chi connectivity index (χ2v) is 9.64. The molecule has 6 rings (SSSR count). The highest BCUT2D eigenvalue weighted by atomic mass is 35.5. The molecule has 0 atom stereocenters. The largest absolute Gasteiger partial charge is 0.291 e. The van der Waals surface area contributed by atoms with Gasteiger partial charge >= 0.3 is 0 Å². The second kappa shape index (κ2) is 8.08. The number of hydrogen-bond donors (Lipinski definition) is 0. The zero-order valence-electron chi connectivity index (χ0n) is 16.9. The van der Waals surface area contributed by atoms with E-state index in [1.165, 1.54) is 15.9 Å². The summed E-state index contributed by atoms with van der Waals surface area (Å²) in [6.07, 6.45) is 3.77. The average molecular weight is 488 g/mol. The quantitative estimate of drug-likeness (QED) is 0.353. The smallest absolute Gasteiger partial charge is 0.266 e. The maximum Gasteiger partial charge on any atom is 0.291 e. The van der Waals surface area contributed by atoms with Crippen LogP contribution in [-0.2, 0) is 0 Å². The molecular formula is C24H14ClN5OS2. The Hall–Kier alpha value is -3.59. The van der Waals surface area contributed by atoms with Crippen LogP contribution in [0.5, 0.6) is 0 Å². The van der Waals surface area contributed by atoms with Gasteiger partial charge in [0.1, 0.15) is 5.69 Å². The number of hydrogen-bond acceptors (Lipinski definition) is 6. The van der Waals surface area contributed by atoms with E-state index in [1.807, 2.05) is 89.1 Å². The molecule has 0 radical (unpaired) electrons. The number of thiophene rings is 1. The van der Waals surface area contributed by atoms with E-state index in [4.69, 9.17) is 16.7 Å². The molecule has 0 fully saturated rings. The lowest BCUT2D eigenvalue weighted by Crippen LogP contribution is -2.23. The van der Waals surface area contributed by atoms with Gasteiger partial charge in [-0.3, -0.25) is 4.79 Å². The van der Waals surface area contributed by atoms with E-state index in [1.54, 1.807) is 11.3 Å². The Balaban J connectivity index is 1.51. The van der Waals surface area contributed by atoms with E-state index in [0.29, 0.717) is 20.3 Å². The van der Waals surface area contributed by atoms with Gasteiger partial charge < -0.3 is 0 Å². The molecule has 0 spiro atoms. The van der Waals surface area contributed by atoms with Gasteiger partial charge in [0.05, 0.1) is 15.1 Å². The van der Waals surface area contributed by atoms with Crippen LogP contribution >= 0.6 is 34.3 Å². The predicted octanol–water partition coefficient (Wildman–Crippen LogP) is 4.93. The molecule has 0 aliphatic heterocycles. The summed E-state index contributed by atoms with van der Waals surface area (Å²) in [6, 6.07) is 21.2. The zero-order chi connectivity index (χ0) is 22.4. The van der Waals surface area contributed by atoms with E-state index in [2.05, 4.69) is 10.1 Å². The first kappa shape index (κ1) is 20.0. The number of rotatable bonds is 4. The van der Waals surface area contributed by atoms with Crippen molar-refractivity contribution in [1.29, 1.82) is 0 Å². The molecule has 0 bridgehead atoms.